The number of aromatic nitrogens is 2. The van der Waals surface area contributed by atoms with Gasteiger partial charge in [0.05, 0.1) is 11.0 Å². The van der Waals surface area contributed by atoms with E-state index in [0.717, 1.165) is 28.1 Å². The van der Waals surface area contributed by atoms with Gasteiger partial charge in [0.1, 0.15) is 5.82 Å². The third-order valence-electron chi connectivity index (χ3n) is 8.89. The molecule has 0 bridgehead atoms. The molecule has 2 heteroatoms. The summed E-state index contributed by atoms with van der Waals surface area (Å²) < 4.78 is 2.26. The Labute approximate surface area is 268 Å². The van der Waals surface area contributed by atoms with Gasteiger partial charge >= 0.3 is 0 Å². The van der Waals surface area contributed by atoms with E-state index in [1.165, 1.54) is 54.6 Å². The van der Waals surface area contributed by atoms with Gasteiger partial charge in [0.25, 0.3) is 0 Å². The standard InChI is InChI=1S/C44H32N2/c1-3-4-5-14-30(2)44-45-40-21-12-13-22-41(40)46(44)35-27-25-32(26-28-35)42-36-17-8-10-19-38(36)43(39-20-11-9-18-37(39)42)34-24-23-31-15-6-7-16-33(31)29-34/h3-29H,1H2,2H3/b5-4-,30-14+. The Bertz CT molecular complexity index is 2430. The molecular formula is C44H32N2. The highest BCUT2D eigenvalue weighted by molar-refractivity contribution is 6.21. The van der Waals surface area contributed by atoms with E-state index in [1.54, 1.807) is 6.08 Å². The zero-order chi connectivity index (χ0) is 31.0. The van der Waals surface area contributed by atoms with Crippen LogP contribution in [0, 0.1) is 0 Å². The fourth-order valence-electron chi connectivity index (χ4n) is 6.78. The van der Waals surface area contributed by atoms with Crippen molar-refractivity contribution in [2.75, 3.05) is 0 Å². The van der Waals surface area contributed by atoms with Crippen molar-refractivity contribution < 1.29 is 0 Å². The molecule has 0 spiro atoms. The molecule has 0 aliphatic carbocycles. The predicted molar refractivity (Wildman–Crippen MR) is 197 cm³/mol. The molecule has 1 heterocycles. The van der Waals surface area contributed by atoms with Gasteiger partial charge in [-0.05, 0) is 97.4 Å². The van der Waals surface area contributed by atoms with Crippen LogP contribution in [0.3, 0.4) is 0 Å². The van der Waals surface area contributed by atoms with Crippen LogP contribution >= 0.6 is 0 Å². The summed E-state index contributed by atoms with van der Waals surface area (Å²) >= 11 is 0. The van der Waals surface area contributed by atoms with Crippen LogP contribution in [0.25, 0.3) is 76.9 Å². The Kier molecular flexibility index (Phi) is 6.89. The second kappa shape index (κ2) is 11.5. The first-order chi connectivity index (χ1) is 22.7. The summed E-state index contributed by atoms with van der Waals surface area (Å²) in [4.78, 5) is 5.02. The average molecular weight is 589 g/mol. The van der Waals surface area contributed by atoms with Crippen LogP contribution in [0.1, 0.15) is 12.7 Å². The van der Waals surface area contributed by atoms with Gasteiger partial charge in [-0.3, -0.25) is 4.57 Å². The SMILES string of the molecule is C=C/C=C\C=C(/C)c1nc2ccccc2n1-c1ccc(-c2c3ccccc3c(-c3ccc4ccccc4c3)c3ccccc23)cc1. The molecule has 8 aromatic rings. The molecule has 218 valence electrons. The summed E-state index contributed by atoms with van der Waals surface area (Å²) in [6.45, 7) is 5.90. The van der Waals surface area contributed by atoms with E-state index in [1.807, 2.05) is 18.2 Å². The third kappa shape index (κ3) is 4.63. The highest BCUT2D eigenvalue weighted by Crippen LogP contribution is 2.44. The number of fused-ring (bicyclic) bond motifs is 4. The maximum absolute atomic E-state index is 5.02. The Morgan fingerprint density at radius 2 is 1.15 bits per heavy atom. The summed E-state index contributed by atoms with van der Waals surface area (Å²) in [5.41, 5.74) is 9.18. The summed E-state index contributed by atoms with van der Waals surface area (Å²) in [6, 6.07) is 50.4. The number of benzene rings is 7. The predicted octanol–water partition coefficient (Wildman–Crippen LogP) is 12.0. The van der Waals surface area contributed by atoms with Gasteiger partial charge < -0.3 is 0 Å². The fraction of sp³-hybridized carbons (Fsp3) is 0.0227. The van der Waals surface area contributed by atoms with Gasteiger partial charge in [0.2, 0.25) is 0 Å². The van der Waals surface area contributed by atoms with Crippen molar-refractivity contribution in [3.63, 3.8) is 0 Å². The number of imidazole rings is 1. The molecule has 1 aromatic heterocycles. The van der Waals surface area contributed by atoms with Crippen LogP contribution in [0.4, 0.5) is 0 Å². The number of allylic oxidation sites excluding steroid dienone is 5. The molecule has 0 fully saturated rings. The van der Waals surface area contributed by atoms with Crippen molar-refractivity contribution in [1.29, 1.82) is 0 Å². The van der Waals surface area contributed by atoms with Crippen molar-refractivity contribution in [3.8, 4) is 27.9 Å². The van der Waals surface area contributed by atoms with Crippen LogP contribution in [0.5, 0.6) is 0 Å². The lowest BCUT2D eigenvalue weighted by molar-refractivity contribution is 1.05. The van der Waals surface area contributed by atoms with E-state index >= 15 is 0 Å². The molecular weight excluding hydrogens is 556 g/mol. The van der Waals surface area contributed by atoms with E-state index in [4.69, 9.17) is 4.98 Å². The fourth-order valence-corrected chi connectivity index (χ4v) is 6.78. The first-order valence-electron chi connectivity index (χ1n) is 15.7. The second-order valence-corrected chi connectivity index (χ2v) is 11.7. The van der Waals surface area contributed by atoms with Crippen LogP contribution in [0.15, 0.2) is 170 Å². The first-order valence-corrected chi connectivity index (χ1v) is 15.7. The van der Waals surface area contributed by atoms with Crippen molar-refractivity contribution in [2.45, 2.75) is 6.92 Å². The molecule has 0 aliphatic heterocycles. The number of hydrogen-bond acceptors (Lipinski definition) is 1. The van der Waals surface area contributed by atoms with Crippen molar-refractivity contribution in [1.82, 2.24) is 9.55 Å². The third-order valence-corrected chi connectivity index (χ3v) is 8.89. The van der Waals surface area contributed by atoms with Gasteiger partial charge in [-0.1, -0.05) is 140 Å². The Hall–Kier alpha value is -5.99. The lowest BCUT2D eigenvalue weighted by Crippen LogP contribution is -2.00. The molecule has 0 N–H and O–H groups in total. The summed E-state index contributed by atoms with van der Waals surface area (Å²) in [7, 11) is 0. The Morgan fingerprint density at radius 1 is 0.587 bits per heavy atom. The number of para-hydroxylation sites is 2. The maximum Gasteiger partial charge on any atom is 0.141 e. The number of nitrogens with zero attached hydrogens (tertiary/aromatic N) is 2. The van der Waals surface area contributed by atoms with E-state index < -0.39 is 0 Å². The maximum atomic E-state index is 5.02. The van der Waals surface area contributed by atoms with Gasteiger partial charge in [-0.15, -0.1) is 0 Å². The molecule has 0 atom stereocenters. The molecule has 0 unspecified atom stereocenters. The molecule has 0 aliphatic rings. The minimum atomic E-state index is 0.929. The van der Waals surface area contributed by atoms with Crippen molar-refractivity contribution >= 4 is 48.9 Å². The zero-order valence-electron chi connectivity index (χ0n) is 25.7. The van der Waals surface area contributed by atoms with Crippen LogP contribution in [-0.2, 0) is 0 Å². The second-order valence-electron chi connectivity index (χ2n) is 11.7. The lowest BCUT2D eigenvalue weighted by atomic mass is 9.85. The Balaban J connectivity index is 1.32. The summed E-state index contributed by atoms with van der Waals surface area (Å²) in [6.07, 6.45) is 7.81. The molecule has 0 amide bonds. The topological polar surface area (TPSA) is 17.8 Å². The quantitative estimate of drug-likeness (QED) is 0.140. The molecule has 0 radical (unpaired) electrons. The highest BCUT2D eigenvalue weighted by Gasteiger charge is 2.18. The molecule has 7 aromatic carbocycles. The molecule has 0 saturated carbocycles. The highest BCUT2D eigenvalue weighted by atomic mass is 15.1. The average Bonchev–Trinajstić information content (AvgIpc) is 3.50. The molecule has 0 saturated heterocycles. The van der Waals surface area contributed by atoms with Gasteiger partial charge in [0.15, 0.2) is 0 Å². The van der Waals surface area contributed by atoms with Gasteiger partial charge in [0, 0.05) is 5.69 Å². The minimum Gasteiger partial charge on any atom is -0.293 e. The molecule has 2 nitrogen and oxygen atoms in total. The molecule has 46 heavy (non-hydrogen) atoms. The Morgan fingerprint density at radius 3 is 1.83 bits per heavy atom. The zero-order valence-corrected chi connectivity index (χ0v) is 25.7. The van der Waals surface area contributed by atoms with Crippen molar-refractivity contribution in [2.24, 2.45) is 0 Å². The minimum absolute atomic E-state index is 0.929. The van der Waals surface area contributed by atoms with E-state index in [-0.39, 0.29) is 0 Å². The molecule has 8 rings (SSSR count). The number of rotatable bonds is 6. The van der Waals surface area contributed by atoms with Crippen LogP contribution in [0.2, 0.25) is 0 Å². The lowest BCUT2D eigenvalue weighted by Gasteiger charge is -2.18. The van der Waals surface area contributed by atoms with Gasteiger partial charge in [-0.25, -0.2) is 4.98 Å². The smallest absolute Gasteiger partial charge is 0.141 e. The van der Waals surface area contributed by atoms with Gasteiger partial charge in [-0.2, -0.15) is 0 Å². The van der Waals surface area contributed by atoms with Crippen LogP contribution < -0.4 is 0 Å². The van der Waals surface area contributed by atoms with Crippen LogP contribution in [-0.4, -0.2) is 9.55 Å². The van der Waals surface area contributed by atoms with E-state index in [0.29, 0.717) is 0 Å². The van der Waals surface area contributed by atoms with E-state index in [2.05, 4.69) is 158 Å². The first kappa shape index (κ1) is 27.6. The van der Waals surface area contributed by atoms with E-state index in [9.17, 15) is 0 Å². The summed E-state index contributed by atoms with van der Waals surface area (Å²) in [5, 5.41) is 7.52. The van der Waals surface area contributed by atoms with Crippen molar-refractivity contribution in [3.05, 3.63) is 176 Å². The normalized spacial score (nSPS) is 12.2. The summed E-state index contributed by atoms with van der Waals surface area (Å²) in [5.74, 6) is 0.929. The largest absolute Gasteiger partial charge is 0.293 e. The monoisotopic (exact) mass is 588 g/mol. The number of hydrogen-bond donors (Lipinski definition) is 0.